The fraction of sp³-hybridized carbons (Fsp3) is 0.419. The van der Waals surface area contributed by atoms with Gasteiger partial charge in [0.25, 0.3) is 0 Å². The molecule has 176 valence electrons. The number of hydrogen-bond acceptors (Lipinski definition) is 3. The molecule has 1 spiro atoms. The van der Waals surface area contributed by atoms with Crippen molar-refractivity contribution in [2.45, 2.75) is 50.4 Å². The zero-order chi connectivity index (χ0) is 23.0. The van der Waals surface area contributed by atoms with Crippen molar-refractivity contribution >= 4 is 5.69 Å². The van der Waals surface area contributed by atoms with Crippen molar-refractivity contribution in [1.29, 1.82) is 0 Å². The van der Waals surface area contributed by atoms with Crippen LogP contribution in [0.5, 0.6) is 5.75 Å². The van der Waals surface area contributed by atoms with E-state index in [4.69, 9.17) is 0 Å². The van der Waals surface area contributed by atoms with Crippen LogP contribution in [0.15, 0.2) is 72.8 Å². The molecule has 0 bridgehead atoms. The lowest BCUT2D eigenvalue weighted by Crippen LogP contribution is -2.28. The Bertz CT molecular complexity index is 1120. The van der Waals surface area contributed by atoms with Crippen LogP contribution in [0.3, 0.4) is 0 Å². The van der Waals surface area contributed by atoms with Crippen LogP contribution < -0.4 is 10.2 Å². The number of rotatable bonds is 3. The first-order valence-electron chi connectivity index (χ1n) is 13.1. The van der Waals surface area contributed by atoms with Gasteiger partial charge in [-0.2, -0.15) is 0 Å². The van der Waals surface area contributed by atoms with Crippen LogP contribution in [0.2, 0.25) is 0 Å². The van der Waals surface area contributed by atoms with Crippen molar-refractivity contribution in [2.75, 3.05) is 31.1 Å². The SMILES string of the molecule is Oc1ccc2c(c1)CC[C@H](c1ccccc1)[C@@H]2c1ccc(N2CCCC3(CCNC3)CC2)cc1. The monoisotopic (exact) mass is 452 g/mol. The van der Waals surface area contributed by atoms with Gasteiger partial charge in [-0.1, -0.05) is 48.5 Å². The topological polar surface area (TPSA) is 35.5 Å². The Kier molecular flexibility index (Phi) is 5.82. The number of aryl methyl sites for hydroxylation is 1. The van der Waals surface area contributed by atoms with Gasteiger partial charge in [-0.15, -0.1) is 0 Å². The highest BCUT2D eigenvalue weighted by molar-refractivity contribution is 5.52. The summed E-state index contributed by atoms with van der Waals surface area (Å²) < 4.78 is 0. The van der Waals surface area contributed by atoms with Crippen molar-refractivity contribution in [3.8, 4) is 5.75 Å². The Morgan fingerprint density at radius 3 is 2.50 bits per heavy atom. The van der Waals surface area contributed by atoms with E-state index in [-0.39, 0.29) is 0 Å². The zero-order valence-corrected chi connectivity index (χ0v) is 20.0. The molecule has 2 heterocycles. The molecule has 0 aromatic heterocycles. The van der Waals surface area contributed by atoms with Gasteiger partial charge in [-0.25, -0.2) is 0 Å². The second kappa shape index (κ2) is 9.11. The van der Waals surface area contributed by atoms with Crippen LogP contribution >= 0.6 is 0 Å². The van der Waals surface area contributed by atoms with Gasteiger partial charge < -0.3 is 15.3 Å². The molecule has 3 aromatic rings. The third-order valence-electron chi connectivity index (χ3n) is 8.81. The molecular weight excluding hydrogens is 416 g/mol. The molecule has 3 aliphatic rings. The lowest BCUT2D eigenvalue weighted by atomic mass is 9.69. The molecule has 2 N–H and O–H groups in total. The summed E-state index contributed by atoms with van der Waals surface area (Å²) in [5.41, 5.74) is 7.37. The number of benzene rings is 3. The largest absolute Gasteiger partial charge is 0.508 e. The van der Waals surface area contributed by atoms with Crippen LogP contribution in [-0.2, 0) is 6.42 Å². The molecule has 3 atom stereocenters. The molecule has 3 aromatic carbocycles. The van der Waals surface area contributed by atoms with Crippen LogP contribution in [0.1, 0.15) is 66.2 Å². The highest BCUT2D eigenvalue weighted by atomic mass is 16.3. The maximum absolute atomic E-state index is 10.1. The summed E-state index contributed by atoms with van der Waals surface area (Å²) in [5.74, 6) is 1.15. The van der Waals surface area contributed by atoms with Crippen LogP contribution in [-0.4, -0.2) is 31.3 Å². The second-order valence-electron chi connectivity index (χ2n) is 10.8. The summed E-state index contributed by atoms with van der Waals surface area (Å²) >= 11 is 0. The predicted octanol–water partition coefficient (Wildman–Crippen LogP) is 6.22. The average Bonchev–Trinajstić information content (AvgIpc) is 3.24. The van der Waals surface area contributed by atoms with Gasteiger partial charge >= 0.3 is 0 Å². The van der Waals surface area contributed by atoms with Crippen molar-refractivity contribution in [2.24, 2.45) is 5.41 Å². The van der Waals surface area contributed by atoms with E-state index in [1.807, 2.05) is 12.1 Å². The number of phenolic OH excluding ortho intramolecular Hbond substituents is 1. The smallest absolute Gasteiger partial charge is 0.115 e. The van der Waals surface area contributed by atoms with E-state index >= 15 is 0 Å². The number of anilines is 1. The number of nitrogens with one attached hydrogen (secondary N) is 1. The normalized spacial score (nSPS) is 26.9. The number of hydrogen-bond donors (Lipinski definition) is 2. The van der Waals surface area contributed by atoms with E-state index in [9.17, 15) is 5.11 Å². The first-order chi connectivity index (χ1) is 16.7. The molecule has 1 aliphatic carbocycles. The average molecular weight is 453 g/mol. The molecule has 2 aliphatic heterocycles. The number of nitrogens with zero attached hydrogens (tertiary/aromatic N) is 1. The Hall–Kier alpha value is -2.78. The molecule has 1 unspecified atom stereocenters. The molecule has 2 saturated heterocycles. The summed E-state index contributed by atoms with van der Waals surface area (Å²) in [4.78, 5) is 2.61. The van der Waals surface area contributed by atoms with Crippen molar-refractivity contribution in [1.82, 2.24) is 5.32 Å². The van der Waals surface area contributed by atoms with Gasteiger partial charge in [0.05, 0.1) is 0 Å². The maximum atomic E-state index is 10.1. The van der Waals surface area contributed by atoms with Gasteiger partial charge in [-0.05, 0) is 103 Å². The highest BCUT2D eigenvalue weighted by Crippen LogP contribution is 2.47. The number of phenols is 1. The minimum atomic E-state index is 0.317. The maximum Gasteiger partial charge on any atom is 0.115 e. The van der Waals surface area contributed by atoms with Crippen LogP contribution in [0.25, 0.3) is 0 Å². The molecule has 0 saturated carbocycles. The third-order valence-corrected chi connectivity index (χ3v) is 8.81. The van der Waals surface area contributed by atoms with Gasteiger partial charge in [-0.3, -0.25) is 0 Å². The zero-order valence-electron chi connectivity index (χ0n) is 20.0. The van der Waals surface area contributed by atoms with Crippen LogP contribution in [0, 0.1) is 5.41 Å². The van der Waals surface area contributed by atoms with E-state index in [2.05, 4.69) is 70.9 Å². The fourth-order valence-electron chi connectivity index (χ4n) is 6.90. The summed E-state index contributed by atoms with van der Waals surface area (Å²) in [6.07, 6.45) is 7.42. The summed E-state index contributed by atoms with van der Waals surface area (Å²) in [6.45, 7) is 4.73. The number of aromatic hydroxyl groups is 1. The van der Waals surface area contributed by atoms with E-state index in [1.54, 1.807) is 0 Å². The lowest BCUT2D eigenvalue weighted by Gasteiger charge is -2.35. The van der Waals surface area contributed by atoms with E-state index in [1.165, 1.54) is 79.8 Å². The summed E-state index contributed by atoms with van der Waals surface area (Å²) in [7, 11) is 0. The lowest BCUT2D eigenvalue weighted by molar-refractivity contribution is 0.286. The minimum Gasteiger partial charge on any atom is -0.508 e. The summed E-state index contributed by atoms with van der Waals surface area (Å²) in [5, 5.41) is 13.7. The van der Waals surface area contributed by atoms with Gasteiger partial charge in [0.1, 0.15) is 5.75 Å². The minimum absolute atomic E-state index is 0.317. The van der Waals surface area contributed by atoms with Crippen molar-refractivity contribution in [3.63, 3.8) is 0 Å². The first-order valence-corrected chi connectivity index (χ1v) is 13.1. The Morgan fingerprint density at radius 1 is 0.853 bits per heavy atom. The van der Waals surface area contributed by atoms with E-state index in [0.29, 0.717) is 23.0 Å². The molecule has 3 heteroatoms. The van der Waals surface area contributed by atoms with Gasteiger partial charge in [0.15, 0.2) is 0 Å². The highest BCUT2D eigenvalue weighted by Gasteiger charge is 2.36. The van der Waals surface area contributed by atoms with Crippen molar-refractivity contribution in [3.05, 3.63) is 95.1 Å². The van der Waals surface area contributed by atoms with E-state index in [0.717, 1.165) is 12.8 Å². The Morgan fingerprint density at radius 2 is 1.71 bits per heavy atom. The fourth-order valence-corrected chi connectivity index (χ4v) is 6.90. The van der Waals surface area contributed by atoms with Crippen molar-refractivity contribution < 1.29 is 5.11 Å². The van der Waals surface area contributed by atoms with Crippen LogP contribution in [0.4, 0.5) is 5.69 Å². The quantitative estimate of drug-likeness (QED) is 0.495. The standard InChI is InChI=1S/C31H36N2O/c34-27-12-14-29-25(21-27)9-13-28(23-5-2-1-3-6-23)30(29)24-7-10-26(11-8-24)33-19-4-15-31(17-20-33)16-18-32-22-31/h1-3,5-8,10-12,14,21,28,30,32,34H,4,9,13,15-20,22H2/t28-,30+,31?/m1/s1. The molecule has 34 heavy (non-hydrogen) atoms. The predicted molar refractivity (Wildman–Crippen MR) is 140 cm³/mol. The molecule has 0 radical (unpaired) electrons. The first kappa shape index (κ1) is 21.7. The van der Waals surface area contributed by atoms with E-state index < -0.39 is 0 Å². The van der Waals surface area contributed by atoms with Gasteiger partial charge in [0, 0.05) is 31.2 Å². The molecule has 2 fully saturated rings. The molecule has 3 nitrogen and oxygen atoms in total. The number of fused-ring (bicyclic) bond motifs is 1. The Labute approximate surface area is 203 Å². The summed E-state index contributed by atoms with van der Waals surface area (Å²) in [6, 6.07) is 26.4. The second-order valence-corrected chi connectivity index (χ2v) is 10.8. The Balaban J connectivity index is 1.29. The van der Waals surface area contributed by atoms with Gasteiger partial charge in [0.2, 0.25) is 0 Å². The molecule has 0 amide bonds. The molecular formula is C31H36N2O. The third kappa shape index (κ3) is 4.11. The molecule has 6 rings (SSSR count).